The lowest BCUT2D eigenvalue weighted by molar-refractivity contribution is -0.121. The first-order valence-corrected chi connectivity index (χ1v) is 10.6. The second-order valence-electron chi connectivity index (χ2n) is 6.74. The summed E-state index contributed by atoms with van der Waals surface area (Å²) < 4.78 is 38.6. The number of fused-ring (bicyclic) bond motifs is 1. The summed E-state index contributed by atoms with van der Waals surface area (Å²) in [7, 11) is -3.70. The van der Waals surface area contributed by atoms with E-state index in [2.05, 4.69) is 14.9 Å². The molecule has 1 N–H and O–H groups in total. The first-order valence-electron chi connectivity index (χ1n) is 9.16. The summed E-state index contributed by atoms with van der Waals surface area (Å²) in [5.74, 6) is 0.938. The van der Waals surface area contributed by atoms with E-state index in [0.29, 0.717) is 41.6 Å². The standard InChI is InChI=1S/C18H24N4O5S/c1-5-12(4)21-28(24,25)15-8-14-13(7-11(15)3)22(18(23)10-26-14)9-16-19-17(6-2)27-20-16/h7-8,12,21H,5-6,9-10H2,1-4H3. The molecule has 0 radical (unpaired) electrons. The molecule has 1 unspecified atom stereocenters. The number of amides is 1. The van der Waals surface area contributed by atoms with Gasteiger partial charge >= 0.3 is 0 Å². The van der Waals surface area contributed by atoms with Crippen molar-refractivity contribution < 1.29 is 22.5 Å². The van der Waals surface area contributed by atoms with Gasteiger partial charge in [0.05, 0.1) is 17.1 Å². The van der Waals surface area contributed by atoms with Crippen LogP contribution >= 0.6 is 0 Å². The van der Waals surface area contributed by atoms with Gasteiger partial charge in [0, 0.05) is 18.5 Å². The van der Waals surface area contributed by atoms with E-state index in [1.54, 1.807) is 19.9 Å². The van der Waals surface area contributed by atoms with Gasteiger partial charge in [-0.25, -0.2) is 13.1 Å². The number of aromatic nitrogens is 2. The molecule has 0 aliphatic carbocycles. The minimum atomic E-state index is -3.70. The topological polar surface area (TPSA) is 115 Å². The maximum absolute atomic E-state index is 12.7. The van der Waals surface area contributed by atoms with Crippen LogP contribution in [0.2, 0.25) is 0 Å². The van der Waals surface area contributed by atoms with Crippen LogP contribution in [0.5, 0.6) is 5.75 Å². The lowest BCUT2D eigenvalue weighted by Crippen LogP contribution is -2.39. The number of aryl methyl sites for hydroxylation is 2. The molecule has 10 heteroatoms. The van der Waals surface area contributed by atoms with Crippen molar-refractivity contribution in [3.63, 3.8) is 0 Å². The molecular weight excluding hydrogens is 384 g/mol. The van der Waals surface area contributed by atoms with Crippen molar-refractivity contribution in [3.8, 4) is 5.75 Å². The summed E-state index contributed by atoms with van der Waals surface area (Å²) in [6.07, 6.45) is 1.27. The number of anilines is 1. The van der Waals surface area contributed by atoms with Gasteiger partial charge in [-0.05, 0) is 31.9 Å². The summed E-state index contributed by atoms with van der Waals surface area (Å²) in [5.41, 5.74) is 0.999. The Morgan fingerprint density at radius 1 is 1.32 bits per heavy atom. The normalized spacial score (nSPS) is 15.3. The molecule has 1 aromatic heterocycles. The second kappa shape index (κ2) is 7.88. The van der Waals surface area contributed by atoms with Crippen LogP contribution in [0.3, 0.4) is 0 Å². The molecule has 1 aliphatic rings. The zero-order valence-electron chi connectivity index (χ0n) is 16.4. The highest BCUT2D eigenvalue weighted by Crippen LogP contribution is 2.37. The monoisotopic (exact) mass is 408 g/mol. The average molecular weight is 408 g/mol. The number of hydrogen-bond acceptors (Lipinski definition) is 7. The minimum absolute atomic E-state index is 0.120. The van der Waals surface area contributed by atoms with Crippen LogP contribution in [0.15, 0.2) is 21.6 Å². The van der Waals surface area contributed by atoms with E-state index in [4.69, 9.17) is 9.26 Å². The number of ether oxygens (including phenoxy) is 1. The lowest BCUT2D eigenvalue weighted by Gasteiger charge is -2.29. The van der Waals surface area contributed by atoms with Gasteiger partial charge in [-0.15, -0.1) is 0 Å². The lowest BCUT2D eigenvalue weighted by atomic mass is 10.1. The van der Waals surface area contributed by atoms with Crippen LogP contribution in [0.4, 0.5) is 5.69 Å². The number of hydrogen-bond donors (Lipinski definition) is 1. The first kappa shape index (κ1) is 20.3. The number of nitrogens with one attached hydrogen (secondary N) is 1. The van der Waals surface area contributed by atoms with E-state index in [9.17, 15) is 13.2 Å². The summed E-state index contributed by atoms with van der Waals surface area (Å²) in [6.45, 7) is 7.22. The fourth-order valence-electron chi connectivity index (χ4n) is 2.85. The van der Waals surface area contributed by atoms with Crippen molar-refractivity contribution in [2.75, 3.05) is 11.5 Å². The molecule has 2 heterocycles. The molecule has 1 amide bonds. The quantitative estimate of drug-likeness (QED) is 0.744. The zero-order chi connectivity index (χ0) is 20.5. The van der Waals surface area contributed by atoms with Gasteiger partial charge in [0.15, 0.2) is 12.4 Å². The molecule has 152 valence electrons. The molecule has 0 bridgehead atoms. The van der Waals surface area contributed by atoms with E-state index in [-0.39, 0.29) is 30.0 Å². The predicted molar refractivity (Wildman–Crippen MR) is 102 cm³/mol. The van der Waals surface area contributed by atoms with Gasteiger partial charge in [0.2, 0.25) is 15.9 Å². The van der Waals surface area contributed by atoms with Crippen LogP contribution in [-0.2, 0) is 27.8 Å². The number of carbonyl (C=O) groups is 1. The van der Waals surface area contributed by atoms with Crippen molar-refractivity contribution in [1.29, 1.82) is 0 Å². The Bertz CT molecular complexity index is 986. The minimum Gasteiger partial charge on any atom is -0.482 e. The molecule has 1 atom stereocenters. The highest BCUT2D eigenvalue weighted by Gasteiger charge is 2.30. The van der Waals surface area contributed by atoms with Gasteiger partial charge in [-0.1, -0.05) is 19.0 Å². The average Bonchev–Trinajstić information content (AvgIpc) is 3.11. The number of benzene rings is 1. The molecule has 0 saturated heterocycles. The van der Waals surface area contributed by atoms with E-state index < -0.39 is 10.0 Å². The fraction of sp³-hybridized carbons (Fsp3) is 0.500. The first-order chi connectivity index (χ1) is 13.2. The summed E-state index contributed by atoms with van der Waals surface area (Å²) in [5, 5.41) is 3.88. The fourth-order valence-corrected chi connectivity index (χ4v) is 4.41. The van der Waals surface area contributed by atoms with Gasteiger partial charge in [0.1, 0.15) is 5.75 Å². The number of nitrogens with zero attached hydrogens (tertiary/aromatic N) is 3. The Hall–Kier alpha value is -2.46. The second-order valence-corrected chi connectivity index (χ2v) is 8.42. The Labute approximate surface area is 164 Å². The molecule has 0 spiro atoms. The van der Waals surface area contributed by atoms with Crippen molar-refractivity contribution in [2.45, 2.75) is 58.0 Å². The molecular formula is C18H24N4O5S. The van der Waals surface area contributed by atoms with Gasteiger partial charge < -0.3 is 9.26 Å². The Balaban J connectivity index is 1.96. The smallest absolute Gasteiger partial charge is 0.265 e. The Morgan fingerprint density at radius 2 is 2.07 bits per heavy atom. The maximum Gasteiger partial charge on any atom is 0.265 e. The van der Waals surface area contributed by atoms with Crippen molar-refractivity contribution in [1.82, 2.24) is 14.9 Å². The van der Waals surface area contributed by atoms with Gasteiger partial charge in [-0.3, -0.25) is 9.69 Å². The summed E-state index contributed by atoms with van der Waals surface area (Å²) in [6, 6.07) is 2.91. The Morgan fingerprint density at radius 3 is 2.71 bits per heavy atom. The van der Waals surface area contributed by atoms with Crippen molar-refractivity contribution in [2.24, 2.45) is 0 Å². The predicted octanol–water partition coefficient (Wildman–Crippen LogP) is 1.94. The largest absolute Gasteiger partial charge is 0.482 e. The zero-order valence-corrected chi connectivity index (χ0v) is 17.2. The molecule has 28 heavy (non-hydrogen) atoms. The summed E-state index contributed by atoms with van der Waals surface area (Å²) in [4.78, 5) is 18.2. The van der Waals surface area contributed by atoms with E-state index >= 15 is 0 Å². The molecule has 2 aromatic rings. The van der Waals surface area contributed by atoms with Crippen LogP contribution in [-0.4, -0.2) is 37.1 Å². The van der Waals surface area contributed by atoms with Crippen LogP contribution in [0, 0.1) is 6.92 Å². The maximum atomic E-state index is 12.7. The van der Waals surface area contributed by atoms with Crippen LogP contribution < -0.4 is 14.4 Å². The van der Waals surface area contributed by atoms with Crippen molar-refractivity contribution in [3.05, 3.63) is 29.4 Å². The molecule has 3 rings (SSSR count). The molecule has 0 saturated carbocycles. The van der Waals surface area contributed by atoms with Gasteiger partial charge in [-0.2, -0.15) is 4.98 Å². The van der Waals surface area contributed by atoms with Crippen LogP contribution in [0.1, 0.15) is 44.5 Å². The van der Waals surface area contributed by atoms with E-state index in [1.165, 1.54) is 11.0 Å². The van der Waals surface area contributed by atoms with Gasteiger partial charge in [0.25, 0.3) is 5.91 Å². The third kappa shape index (κ3) is 4.02. The third-order valence-electron chi connectivity index (χ3n) is 4.57. The molecule has 9 nitrogen and oxygen atoms in total. The van der Waals surface area contributed by atoms with Crippen LogP contribution in [0.25, 0.3) is 0 Å². The Kier molecular flexibility index (Phi) is 5.71. The van der Waals surface area contributed by atoms with E-state index in [0.717, 1.165) is 0 Å². The molecule has 1 aliphatic heterocycles. The highest BCUT2D eigenvalue weighted by molar-refractivity contribution is 7.89. The highest BCUT2D eigenvalue weighted by atomic mass is 32.2. The van der Waals surface area contributed by atoms with E-state index in [1.807, 2.05) is 13.8 Å². The SMILES string of the molecule is CCc1nc(CN2C(=O)COc3cc(S(=O)(=O)NC(C)CC)c(C)cc32)no1. The van der Waals surface area contributed by atoms with Crippen molar-refractivity contribution >= 4 is 21.6 Å². The summed E-state index contributed by atoms with van der Waals surface area (Å²) >= 11 is 0. The third-order valence-corrected chi connectivity index (χ3v) is 6.30. The number of carbonyl (C=O) groups excluding carboxylic acids is 1. The number of sulfonamides is 1. The molecule has 1 aromatic carbocycles. The molecule has 0 fully saturated rings. The number of rotatable bonds is 7.